The summed E-state index contributed by atoms with van der Waals surface area (Å²) in [5, 5.41) is 0. The van der Waals surface area contributed by atoms with Crippen molar-refractivity contribution in [1.29, 1.82) is 0 Å². The molecule has 0 amide bonds. The summed E-state index contributed by atoms with van der Waals surface area (Å²) in [5.74, 6) is 1.13. The molecule has 0 aliphatic carbocycles. The second kappa shape index (κ2) is 3.95. The zero-order valence-electron chi connectivity index (χ0n) is 8.75. The van der Waals surface area contributed by atoms with Crippen molar-refractivity contribution in [1.82, 2.24) is 0 Å². The first-order valence-electron chi connectivity index (χ1n) is 5.12. The van der Waals surface area contributed by atoms with Gasteiger partial charge in [-0.1, -0.05) is 19.1 Å². The predicted molar refractivity (Wildman–Crippen MR) is 60.8 cm³/mol. The van der Waals surface area contributed by atoms with Gasteiger partial charge in [-0.05, 0) is 30.4 Å². The van der Waals surface area contributed by atoms with E-state index in [0.29, 0.717) is 0 Å². The second-order valence-electron chi connectivity index (χ2n) is 3.79. The van der Waals surface area contributed by atoms with Crippen LogP contribution in [0.25, 0.3) is 0 Å². The number of benzene rings is 1. The monoisotopic (exact) mass is 208 g/mol. The Labute approximate surface area is 89.9 Å². The maximum absolute atomic E-state index is 5.60. The fourth-order valence-corrected chi connectivity index (χ4v) is 2.37. The lowest BCUT2D eigenvalue weighted by atomic mass is 9.89. The molecule has 1 saturated heterocycles. The molecule has 0 spiro atoms. The van der Waals surface area contributed by atoms with Gasteiger partial charge in [-0.3, -0.25) is 0 Å². The Morgan fingerprint density at radius 1 is 1.36 bits per heavy atom. The molecule has 1 heterocycles. The maximum atomic E-state index is 5.60. The minimum Gasteiger partial charge on any atom is -0.370 e. The van der Waals surface area contributed by atoms with Gasteiger partial charge in [0.1, 0.15) is 0 Å². The topological polar surface area (TPSA) is 9.23 Å². The van der Waals surface area contributed by atoms with Crippen LogP contribution in [0, 0.1) is 0 Å². The van der Waals surface area contributed by atoms with E-state index in [2.05, 4.69) is 38.1 Å². The van der Waals surface area contributed by atoms with Crippen LogP contribution in [0.5, 0.6) is 0 Å². The van der Waals surface area contributed by atoms with Crippen LogP contribution in [-0.2, 0) is 10.3 Å². The largest absolute Gasteiger partial charge is 0.370 e. The van der Waals surface area contributed by atoms with E-state index in [1.54, 1.807) is 0 Å². The Bertz CT molecular complexity index is 301. The Hall–Kier alpha value is -0.470. The third-order valence-electron chi connectivity index (χ3n) is 2.78. The van der Waals surface area contributed by atoms with Crippen molar-refractivity contribution in [3.63, 3.8) is 0 Å². The van der Waals surface area contributed by atoms with Gasteiger partial charge in [0.25, 0.3) is 0 Å². The summed E-state index contributed by atoms with van der Waals surface area (Å²) in [6.45, 7) is 5.25. The Kier molecular flexibility index (Phi) is 2.84. The summed E-state index contributed by atoms with van der Waals surface area (Å²) in [4.78, 5) is 1.35. The van der Waals surface area contributed by atoms with Crippen LogP contribution in [0.1, 0.15) is 25.8 Å². The van der Waals surface area contributed by atoms with Gasteiger partial charge in [-0.2, -0.15) is 0 Å². The van der Waals surface area contributed by atoms with Crippen LogP contribution < -0.4 is 0 Å². The van der Waals surface area contributed by atoms with Crippen LogP contribution in [0.4, 0.5) is 0 Å². The van der Waals surface area contributed by atoms with Crippen LogP contribution in [0.2, 0.25) is 0 Å². The van der Waals surface area contributed by atoms with E-state index >= 15 is 0 Å². The molecule has 0 N–H and O–H groups in total. The van der Waals surface area contributed by atoms with Crippen molar-refractivity contribution >= 4 is 11.8 Å². The highest BCUT2D eigenvalue weighted by Gasteiger charge is 2.34. The van der Waals surface area contributed by atoms with Gasteiger partial charge >= 0.3 is 0 Å². The third-order valence-corrected chi connectivity index (χ3v) is 3.67. The van der Waals surface area contributed by atoms with E-state index in [9.17, 15) is 0 Å². The fourth-order valence-electron chi connectivity index (χ4n) is 1.71. The molecule has 1 aromatic carbocycles. The summed E-state index contributed by atoms with van der Waals surface area (Å²) < 4.78 is 5.60. The normalized spacial score (nSPS) is 25.9. The quantitative estimate of drug-likeness (QED) is 0.704. The smallest absolute Gasteiger partial charge is 0.0925 e. The molecule has 1 aliphatic heterocycles. The molecule has 1 nitrogen and oxygen atoms in total. The predicted octanol–water partition coefficient (Wildman–Crippen LogP) is 3.43. The highest BCUT2D eigenvalue weighted by atomic mass is 32.2. The number of hydrogen-bond donors (Lipinski definition) is 0. The van der Waals surface area contributed by atoms with Gasteiger partial charge in [0.15, 0.2) is 0 Å². The number of thioether (sulfide) groups is 1. The van der Waals surface area contributed by atoms with Gasteiger partial charge in [0.2, 0.25) is 0 Å². The average molecular weight is 208 g/mol. The number of rotatable bonds is 3. The lowest BCUT2D eigenvalue weighted by Crippen LogP contribution is -2.37. The number of ether oxygens (including phenoxy) is 1. The molecule has 1 fully saturated rings. The zero-order valence-corrected chi connectivity index (χ0v) is 9.56. The van der Waals surface area contributed by atoms with Crippen molar-refractivity contribution in [3.8, 4) is 0 Å². The van der Waals surface area contributed by atoms with Crippen LogP contribution in [0.3, 0.4) is 0 Å². The first kappa shape index (κ1) is 10.1. The summed E-state index contributed by atoms with van der Waals surface area (Å²) >= 11 is 1.88. The summed E-state index contributed by atoms with van der Waals surface area (Å²) in [5.41, 5.74) is 1.30. The zero-order chi connectivity index (χ0) is 10.0. The summed E-state index contributed by atoms with van der Waals surface area (Å²) in [6, 6.07) is 8.77. The average Bonchev–Trinajstić information content (AvgIpc) is 2.16. The molecule has 0 aromatic heterocycles. The third kappa shape index (κ3) is 1.82. The van der Waals surface area contributed by atoms with Crippen LogP contribution in [-0.4, -0.2) is 12.4 Å². The first-order chi connectivity index (χ1) is 6.74. The highest BCUT2D eigenvalue weighted by Crippen LogP contribution is 2.37. The Morgan fingerprint density at radius 3 is 2.43 bits per heavy atom. The second-order valence-corrected chi connectivity index (χ2v) is 5.12. The molecular formula is C12H16OS. The van der Waals surface area contributed by atoms with Crippen molar-refractivity contribution in [2.45, 2.75) is 30.8 Å². The molecule has 0 bridgehead atoms. The van der Waals surface area contributed by atoms with Crippen LogP contribution in [0.15, 0.2) is 29.2 Å². The van der Waals surface area contributed by atoms with E-state index in [0.717, 1.165) is 18.8 Å². The van der Waals surface area contributed by atoms with E-state index in [4.69, 9.17) is 4.74 Å². The van der Waals surface area contributed by atoms with Gasteiger partial charge < -0.3 is 4.74 Å². The van der Waals surface area contributed by atoms with Crippen molar-refractivity contribution < 1.29 is 4.74 Å². The van der Waals surface area contributed by atoms with Crippen molar-refractivity contribution in [2.24, 2.45) is 0 Å². The molecule has 76 valence electrons. The minimum atomic E-state index is -0.00455. The SMILES string of the molecule is CCSc1ccc(C2(C)CCO2)cc1. The van der Waals surface area contributed by atoms with E-state index in [-0.39, 0.29) is 5.60 Å². The van der Waals surface area contributed by atoms with Gasteiger partial charge in [0, 0.05) is 11.3 Å². The Balaban J connectivity index is 2.13. The molecule has 2 rings (SSSR count). The molecule has 0 saturated carbocycles. The molecular weight excluding hydrogens is 192 g/mol. The molecule has 1 atom stereocenters. The lowest BCUT2D eigenvalue weighted by molar-refractivity contribution is -0.140. The van der Waals surface area contributed by atoms with Gasteiger partial charge in [-0.15, -0.1) is 11.8 Å². The van der Waals surface area contributed by atoms with Crippen molar-refractivity contribution in [2.75, 3.05) is 12.4 Å². The van der Waals surface area contributed by atoms with E-state index in [1.165, 1.54) is 10.5 Å². The van der Waals surface area contributed by atoms with Crippen molar-refractivity contribution in [3.05, 3.63) is 29.8 Å². The molecule has 0 radical (unpaired) electrons. The standard InChI is InChI=1S/C12H16OS/c1-3-14-11-6-4-10(5-7-11)12(2)8-9-13-12/h4-7H,3,8-9H2,1-2H3. The van der Waals surface area contributed by atoms with Gasteiger partial charge in [-0.25, -0.2) is 0 Å². The lowest BCUT2D eigenvalue weighted by Gasteiger charge is -2.39. The van der Waals surface area contributed by atoms with E-state index in [1.807, 2.05) is 11.8 Å². The first-order valence-corrected chi connectivity index (χ1v) is 6.10. The Morgan fingerprint density at radius 2 is 2.00 bits per heavy atom. The maximum Gasteiger partial charge on any atom is 0.0925 e. The summed E-state index contributed by atoms with van der Waals surface area (Å²) in [7, 11) is 0. The van der Waals surface area contributed by atoms with Crippen LogP contribution >= 0.6 is 11.8 Å². The summed E-state index contributed by atoms with van der Waals surface area (Å²) in [6.07, 6.45) is 1.15. The molecule has 2 heteroatoms. The fraction of sp³-hybridized carbons (Fsp3) is 0.500. The van der Waals surface area contributed by atoms with E-state index < -0.39 is 0 Å². The molecule has 1 aliphatic rings. The molecule has 1 aromatic rings. The highest BCUT2D eigenvalue weighted by molar-refractivity contribution is 7.99. The molecule has 1 unspecified atom stereocenters. The van der Waals surface area contributed by atoms with Gasteiger partial charge in [0.05, 0.1) is 12.2 Å². The number of hydrogen-bond acceptors (Lipinski definition) is 2. The molecule has 14 heavy (non-hydrogen) atoms. The minimum absolute atomic E-state index is 0.00455.